The van der Waals surface area contributed by atoms with Crippen LogP contribution in [0.1, 0.15) is 10.4 Å². The van der Waals surface area contributed by atoms with Gasteiger partial charge in [-0.2, -0.15) is 0 Å². The van der Waals surface area contributed by atoms with Crippen LogP contribution in [0.15, 0.2) is 24.4 Å². The molecule has 0 saturated carbocycles. The summed E-state index contributed by atoms with van der Waals surface area (Å²) in [5, 5.41) is 4.27. The number of aromatic nitrogens is 1. The van der Waals surface area contributed by atoms with E-state index >= 15 is 0 Å². The van der Waals surface area contributed by atoms with Gasteiger partial charge in [0, 0.05) is 22.1 Å². The highest BCUT2D eigenvalue weighted by Crippen LogP contribution is 2.21. The molecule has 3 rings (SSSR count). The van der Waals surface area contributed by atoms with Crippen LogP contribution in [-0.2, 0) is 9.47 Å². The predicted molar refractivity (Wildman–Crippen MR) is 71.3 cm³/mol. The van der Waals surface area contributed by atoms with Crippen LogP contribution in [0.25, 0.3) is 10.9 Å². The van der Waals surface area contributed by atoms with Crippen LogP contribution < -0.4 is 5.32 Å². The third kappa shape index (κ3) is 2.58. The van der Waals surface area contributed by atoms with Gasteiger partial charge in [-0.05, 0) is 12.1 Å². The van der Waals surface area contributed by atoms with Gasteiger partial charge in [0.05, 0.1) is 25.3 Å². The van der Waals surface area contributed by atoms with Crippen LogP contribution in [0, 0.1) is 0 Å². The number of hydrogen-bond donors (Lipinski definition) is 2. The maximum atomic E-state index is 12.1. The Morgan fingerprint density at radius 2 is 2.21 bits per heavy atom. The van der Waals surface area contributed by atoms with Gasteiger partial charge in [-0.3, -0.25) is 4.79 Å². The van der Waals surface area contributed by atoms with Crippen LogP contribution in [0.3, 0.4) is 0 Å². The van der Waals surface area contributed by atoms with Gasteiger partial charge in [-0.25, -0.2) is 0 Å². The fraction of sp³-hybridized carbons (Fsp3) is 0.308. The monoisotopic (exact) mass is 280 g/mol. The summed E-state index contributed by atoms with van der Waals surface area (Å²) in [5.74, 6) is -0.160. The second-order valence-electron chi connectivity index (χ2n) is 4.27. The maximum absolute atomic E-state index is 12.1. The van der Waals surface area contributed by atoms with Crippen molar-refractivity contribution >= 4 is 28.4 Å². The Hall–Kier alpha value is -1.56. The van der Waals surface area contributed by atoms with Crippen LogP contribution >= 0.6 is 11.6 Å². The van der Waals surface area contributed by atoms with E-state index in [1.54, 1.807) is 18.3 Å². The molecule has 5 nitrogen and oxygen atoms in total. The summed E-state index contributed by atoms with van der Waals surface area (Å²) in [6.07, 6.45) is 1.33. The number of halogens is 1. The van der Waals surface area contributed by atoms with Gasteiger partial charge < -0.3 is 19.8 Å². The van der Waals surface area contributed by atoms with Gasteiger partial charge in [0.15, 0.2) is 6.29 Å². The Kier molecular flexibility index (Phi) is 3.42. The Bertz CT molecular complexity index is 605. The number of carbonyl (C=O) groups is 1. The summed E-state index contributed by atoms with van der Waals surface area (Å²) in [6, 6.07) is 5.38. The molecule has 100 valence electrons. The van der Waals surface area contributed by atoms with Gasteiger partial charge in [-0.15, -0.1) is 0 Å². The minimum Gasteiger partial charge on any atom is -0.360 e. The number of carbonyl (C=O) groups excluding carboxylic acids is 1. The Morgan fingerprint density at radius 1 is 1.42 bits per heavy atom. The molecule has 1 saturated heterocycles. The molecule has 0 atom stereocenters. The summed E-state index contributed by atoms with van der Waals surface area (Å²) in [4.78, 5) is 15.1. The molecule has 1 fully saturated rings. The maximum Gasteiger partial charge on any atom is 0.253 e. The van der Waals surface area contributed by atoms with E-state index in [9.17, 15) is 4.79 Å². The third-order valence-corrected chi connectivity index (χ3v) is 3.24. The van der Waals surface area contributed by atoms with E-state index in [2.05, 4.69) is 10.3 Å². The lowest BCUT2D eigenvalue weighted by atomic mass is 10.1. The summed E-state index contributed by atoms with van der Waals surface area (Å²) in [7, 11) is 0. The smallest absolute Gasteiger partial charge is 0.253 e. The van der Waals surface area contributed by atoms with Gasteiger partial charge >= 0.3 is 0 Å². The Labute approximate surface area is 114 Å². The fourth-order valence-electron chi connectivity index (χ4n) is 2.08. The predicted octanol–water partition coefficient (Wildman–Crippen LogP) is 1.92. The Balaban J connectivity index is 1.74. The first-order chi connectivity index (χ1) is 9.24. The van der Waals surface area contributed by atoms with E-state index in [1.165, 1.54) is 0 Å². The van der Waals surface area contributed by atoms with Crippen molar-refractivity contribution in [3.63, 3.8) is 0 Å². The van der Waals surface area contributed by atoms with Crippen molar-refractivity contribution in [2.24, 2.45) is 0 Å². The lowest BCUT2D eigenvalue weighted by Gasteiger charge is -2.09. The van der Waals surface area contributed by atoms with E-state index in [4.69, 9.17) is 21.1 Å². The van der Waals surface area contributed by atoms with Crippen molar-refractivity contribution in [2.75, 3.05) is 19.8 Å². The minimum atomic E-state index is -0.344. The number of benzene rings is 1. The standard InChI is InChI=1S/C13H13ClN2O3/c14-8-1-2-9-10(6-15-11(9)5-8)13(17)16-7-12-18-3-4-19-12/h1-2,5-6,12,15H,3-4,7H2,(H,16,17). The molecule has 1 aliphatic rings. The number of H-pyrrole nitrogens is 1. The number of amides is 1. The van der Waals surface area contributed by atoms with Crippen LogP contribution in [0.2, 0.25) is 5.02 Å². The molecule has 0 unspecified atom stereocenters. The topological polar surface area (TPSA) is 63.4 Å². The quantitative estimate of drug-likeness (QED) is 0.903. The molecule has 1 aromatic carbocycles. The van der Waals surface area contributed by atoms with Crippen molar-refractivity contribution in [1.29, 1.82) is 0 Å². The average molecular weight is 281 g/mol. The number of aromatic amines is 1. The number of ether oxygens (including phenoxy) is 2. The SMILES string of the molecule is O=C(NCC1OCCO1)c1c[nH]c2cc(Cl)ccc12. The highest BCUT2D eigenvalue weighted by atomic mass is 35.5. The van der Waals surface area contributed by atoms with Gasteiger partial charge in [-0.1, -0.05) is 17.7 Å². The second kappa shape index (κ2) is 5.21. The van der Waals surface area contributed by atoms with E-state index in [0.29, 0.717) is 30.3 Å². The molecule has 19 heavy (non-hydrogen) atoms. The lowest BCUT2D eigenvalue weighted by molar-refractivity contribution is -0.0379. The molecule has 2 N–H and O–H groups in total. The Morgan fingerprint density at radius 3 is 3.00 bits per heavy atom. The molecule has 0 spiro atoms. The summed E-state index contributed by atoms with van der Waals surface area (Å²) in [5.41, 5.74) is 1.43. The number of hydrogen-bond acceptors (Lipinski definition) is 3. The number of rotatable bonds is 3. The molecule has 2 heterocycles. The van der Waals surface area contributed by atoms with Gasteiger partial charge in [0.1, 0.15) is 0 Å². The van der Waals surface area contributed by atoms with E-state index in [0.717, 1.165) is 10.9 Å². The molecule has 1 aromatic heterocycles. The van der Waals surface area contributed by atoms with Gasteiger partial charge in [0.2, 0.25) is 0 Å². The third-order valence-electron chi connectivity index (χ3n) is 3.01. The van der Waals surface area contributed by atoms with Crippen LogP contribution in [0.5, 0.6) is 0 Å². The molecule has 6 heteroatoms. The summed E-state index contributed by atoms with van der Waals surface area (Å²) < 4.78 is 10.5. The first-order valence-corrected chi connectivity index (χ1v) is 6.40. The van der Waals surface area contributed by atoms with Gasteiger partial charge in [0.25, 0.3) is 5.91 Å². The molecule has 2 aromatic rings. The normalized spacial score (nSPS) is 16.1. The highest BCUT2D eigenvalue weighted by molar-refractivity contribution is 6.31. The van der Waals surface area contributed by atoms with Crippen molar-refractivity contribution in [2.45, 2.75) is 6.29 Å². The fourth-order valence-corrected chi connectivity index (χ4v) is 2.25. The summed E-state index contributed by atoms with van der Waals surface area (Å²) in [6.45, 7) is 1.50. The van der Waals surface area contributed by atoms with E-state index in [-0.39, 0.29) is 12.2 Å². The van der Waals surface area contributed by atoms with E-state index < -0.39 is 0 Å². The second-order valence-corrected chi connectivity index (χ2v) is 4.71. The summed E-state index contributed by atoms with van der Waals surface area (Å²) >= 11 is 5.90. The van der Waals surface area contributed by atoms with Crippen molar-refractivity contribution in [1.82, 2.24) is 10.3 Å². The number of fused-ring (bicyclic) bond motifs is 1. The largest absolute Gasteiger partial charge is 0.360 e. The molecule has 1 amide bonds. The molecule has 0 radical (unpaired) electrons. The minimum absolute atomic E-state index is 0.160. The van der Waals surface area contributed by atoms with Crippen LogP contribution in [-0.4, -0.2) is 36.9 Å². The molecular weight excluding hydrogens is 268 g/mol. The average Bonchev–Trinajstić information content (AvgIpc) is 3.04. The molecule has 1 aliphatic heterocycles. The zero-order valence-electron chi connectivity index (χ0n) is 10.1. The lowest BCUT2D eigenvalue weighted by Crippen LogP contribution is -2.32. The van der Waals surface area contributed by atoms with Crippen molar-refractivity contribution < 1.29 is 14.3 Å². The molecule has 0 bridgehead atoms. The number of nitrogens with one attached hydrogen (secondary N) is 2. The van der Waals surface area contributed by atoms with Crippen molar-refractivity contribution in [3.8, 4) is 0 Å². The first kappa shape index (κ1) is 12.5. The zero-order chi connectivity index (χ0) is 13.2. The van der Waals surface area contributed by atoms with E-state index in [1.807, 2.05) is 6.07 Å². The zero-order valence-corrected chi connectivity index (χ0v) is 10.9. The molecular formula is C13H13ClN2O3. The van der Waals surface area contributed by atoms with Crippen LogP contribution in [0.4, 0.5) is 0 Å². The van der Waals surface area contributed by atoms with Crippen molar-refractivity contribution in [3.05, 3.63) is 35.0 Å². The molecule has 0 aliphatic carbocycles. The highest BCUT2D eigenvalue weighted by Gasteiger charge is 2.18. The first-order valence-electron chi connectivity index (χ1n) is 6.02.